The summed E-state index contributed by atoms with van der Waals surface area (Å²) in [5, 5.41) is 11.7. The van der Waals surface area contributed by atoms with Crippen molar-refractivity contribution in [2.75, 3.05) is 5.32 Å². The molecule has 3 heterocycles. The van der Waals surface area contributed by atoms with E-state index in [9.17, 15) is 4.79 Å². The van der Waals surface area contributed by atoms with Crippen LogP contribution in [-0.2, 0) is 18.3 Å². The van der Waals surface area contributed by atoms with Gasteiger partial charge < -0.3 is 10.6 Å². The second-order valence-corrected chi connectivity index (χ2v) is 9.32. The molecule has 7 nitrogen and oxygen atoms in total. The fraction of sp³-hybridized carbons (Fsp3) is 0.619. The number of hydrogen-bond acceptors (Lipinski definition) is 5. The number of carbonyl (C=O) groups excluding carboxylic acids is 1. The first-order chi connectivity index (χ1) is 14.0. The molecule has 0 radical (unpaired) electrons. The SMILES string of the molecule is Cn1ncc(-c2nc(N[C@H]3CC[C@@]4(CCC(=O)N4)CC3)ncc2Cl)c1CC1CC1. The molecular weight excluding hydrogens is 388 g/mol. The standard InChI is InChI=1S/C21H27ClN6O/c1-28-17(10-13-2-3-13)15(11-24-28)19-16(22)12-23-20(26-19)25-14-4-7-21(8-5-14)9-6-18(29)27-21/h11-14H,2-10H2,1H3,(H,27,29)(H,23,25,26)/t14-,21-. The van der Waals surface area contributed by atoms with Crippen LogP contribution in [0.15, 0.2) is 12.4 Å². The summed E-state index contributed by atoms with van der Waals surface area (Å²) in [7, 11) is 1.98. The minimum absolute atomic E-state index is 0.0225. The molecule has 3 aliphatic rings. The second-order valence-electron chi connectivity index (χ2n) is 8.91. The van der Waals surface area contributed by atoms with E-state index >= 15 is 0 Å². The van der Waals surface area contributed by atoms with Crippen molar-refractivity contribution in [2.24, 2.45) is 13.0 Å². The molecule has 8 heteroatoms. The van der Waals surface area contributed by atoms with Crippen LogP contribution in [-0.4, -0.2) is 37.2 Å². The number of aryl methyl sites for hydroxylation is 1. The Morgan fingerprint density at radius 3 is 2.72 bits per heavy atom. The first-order valence-electron chi connectivity index (χ1n) is 10.6. The molecule has 0 bridgehead atoms. The van der Waals surface area contributed by atoms with E-state index in [4.69, 9.17) is 16.6 Å². The summed E-state index contributed by atoms with van der Waals surface area (Å²) in [5.74, 6) is 1.57. The van der Waals surface area contributed by atoms with Gasteiger partial charge in [-0.05, 0) is 57.3 Å². The van der Waals surface area contributed by atoms with Gasteiger partial charge in [0.25, 0.3) is 0 Å². The summed E-state index contributed by atoms with van der Waals surface area (Å²) in [5.41, 5.74) is 2.97. The zero-order chi connectivity index (χ0) is 20.0. The van der Waals surface area contributed by atoms with Gasteiger partial charge in [0.05, 0.1) is 23.1 Å². The molecule has 1 aliphatic heterocycles. The highest BCUT2D eigenvalue weighted by Gasteiger charge is 2.40. The van der Waals surface area contributed by atoms with Gasteiger partial charge in [0.2, 0.25) is 11.9 Å². The lowest BCUT2D eigenvalue weighted by Crippen LogP contribution is -2.46. The average molecular weight is 415 g/mol. The fourth-order valence-corrected chi connectivity index (χ4v) is 4.96. The number of nitrogens with zero attached hydrogens (tertiary/aromatic N) is 4. The van der Waals surface area contributed by atoms with Crippen LogP contribution in [0.4, 0.5) is 5.95 Å². The molecule has 2 saturated carbocycles. The molecule has 1 saturated heterocycles. The molecule has 1 amide bonds. The van der Waals surface area contributed by atoms with Crippen molar-refractivity contribution >= 4 is 23.5 Å². The summed E-state index contributed by atoms with van der Waals surface area (Å²) < 4.78 is 1.94. The van der Waals surface area contributed by atoms with Gasteiger partial charge in [-0.25, -0.2) is 9.97 Å². The molecule has 1 spiro atoms. The lowest BCUT2D eigenvalue weighted by molar-refractivity contribution is -0.120. The number of halogens is 1. The molecule has 29 heavy (non-hydrogen) atoms. The first kappa shape index (κ1) is 18.9. The zero-order valence-electron chi connectivity index (χ0n) is 16.7. The predicted octanol–water partition coefficient (Wildman–Crippen LogP) is 3.49. The number of amides is 1. The summed E-state index contributed by atoms with van der Waals surface area (Å²) in [4.78, 5) is 20.8. The summed E-state index contributed by atoms with van der Waals surface area (Å²) in [6.45, 7) is 0. The van der Waals surface area contributed by atoms with Crippen molar-refractivity contribution in [3.63, 3.8) is 0 Å². The number of rotatable bonds is 5. The first-order valence-corrected chi connectivity index (χ1v) is 11.0. The lowest BCUT2D eigenvalue weighted by Gasteiger charge is -2.37. The van der Waals surface area contributed by atoms with Gasteiger partial charge in [-0.15, -0.1) is 0 Å². The minimum atomic E-state index is 0.0225. The Morgan fingerprint density at radius 1 is 1.24 bits per heavy atom. The van der Waals surface area contributed by atoms with E-state index in [-0.39, 0.29) is 11.4 Å². The number of nitrogens with one attached hydrogen (secondary N) is 2. The number of carbonyl (C=O) groups is 1. The Balaban J connectivity index is 1.31. The van der Waals surface area contributed by atoms with E-state index < -0.39 is 0 Å². The van der Waals surface area contributed by atoms with Gasteiger partial charge in [-0.1, -0.05) is 11.6 Å². The largest absolute Gasteiger partial charge is 0.351 e. The Morgan fingerprint density at radius 2 is 2.03 bits per heavy atom. The zero-order valence-corrected chi connectivity index (χ0v) is 17.5. The highest BCUT2D eigenvalue weighted by Crippen LogP contribution is 2.38. The second kappa shape index (κ2) is 7.27. The smallest absolute Gasteiger partial charge is 0.223 e. The summed E-state index contributed by atoms with van der Waals surface area (Å²) >= 11 is 6.47. The monoisotopic (exact) mass is 414 g/mol. The Bertz CT molecular complexity index is 929. The van der Waals surface area contributed by atoms with Crippen molar-refractivity contribution in [3.8, 4) is 11.3 Å². The summed E-state index contributed by atoms with van der Waals surface area (Å²) in [6.07, 6.45) is 12.8. The van der Waals surface area contributed by atoms with Gasteiger partial charge in [0, 0.05) is 36.3 Å². The topological polar surface area (TPSA) is 84.7 Å². The van der Waals surface area contributed by atoms with Crippen molar-refractivity contribution in [2.45, 2.75) is 69.4 Å². The van der Waals surface area contributed by atoms with E-state index in [0.29, 0.717) is 23.4 Å². The highest BCUT2D eigenvalue weighted by molar-refractivity contribution is 6.32. The molecule has 3 fully saturated rings. The minimum Gasteiger partial charge on any atom is -0.351 e. The van der Waals surface area contributed by atoms with Crippen molar-refractivity contribution in [1.29, 1.82) is 0 Å². The molecule has 2 N–H and O–H groups in total. The molecular formula is C21H27ClN6O. The van der Waals surface area contributed by atoms with Crippen LogP contribution in [0.1, 0.15) is 57.1 Å². The Labute approximate surface area is 175 Å². The third-order valence-corrected chi connectivity index (χ3v) is 7.03. The normalized spacial score (nSPS) is 26.7. The third-order valence-electron chi connectivity index (χ3n) is 6.75. The molecule has 154 valence electrons. The van der Waals surface area contributed by atoms with E-state index in [1.807, 2.05) is 17.9 Å². The van der Waals surface area contributed by atoms with E-state index in [1.54, 1.807) is 6.20 Å². The van der Waals surface area contributed by atoms with E-state index in [1.165, 1.54) is 18.5 Å². The van der Waals surface area contributed by atoms with Crippen LogP contribution < -0.4 is 10.6 Å². The Kier molecular flexibility index (Phi) is 4.73. The maximum Gasteiger partial charge on any atom is 0.223 e. The number of hydrogen-bond donors (Lipinski definition) is 2. The molecule has 2 aliphatic carbocycles. The van der Waals surface area contributed by atoms with Crippen molar-refractivity contribution in [1.82, 2.24) is 25.1 Å². The van der Waals surface area contributed by atoms with Crippen LogP contribution >= 0.6 is 11.6 Å². The van der Waals surface area contributed by atoms with Gasteiger partial charge in [0.1, 0.15) is 0 Å². The number of anilines is 1. The van der Waals surface area contributed by atoms with Gasteiger partial charge in [-0.2, -0.15) is 5.10 Å². The van der Waals surface area contributed by atoms with Crippen LogP contribution in [0.25, 0.3) is 11.3 Å². The van der Waals surface area contributed by atoms with Gasteiger partial charge in [-0.3, -0.25) is 9.48 Å². The van der Waals surface area contributed by atoms with Gasteiger partial charge >= 0.3 is 0 Å². The van der Waals surface area contributed by atoms with Crippen LogP contribution in [0, 0.1) is 5.92 Å². The maximum atomic E-state index is 11.6. The molecule has 0 atom stereocenters. The maximum absolute atomic E-state index is 11.6. The molecule has 2 aromatic rings. The highest BCUT2D eigenvalue weighted by atomic mass is 35.5. The molecule has 2 aromatic heterocycles. The summed E-state index contributed by atoms with van der Waals surface area (Å²) in [6, 6.07) is 0.312. The average Bonchev–Trinajstić information content (AvgIpc) is 3.36. The quantitative estimate of drug-likeness (QED) is 0.782. The molecule has 0 unspecified atom stereocenters. The van der Waals surface area contributed by atoms with Gasteiger partial charge in [0.15, 0.2) is 0 Å². The van der Waals surface area contributed by atoms with E-state index in [0.717, 1.165) is 55.7 Å². The fourth-order valence-electron chi connectivity index (χ4n) is 4.77. The van der Waals surface area contributed by atoms with Crippen LogP contribution in [0.3, 0.4) is 0 Å². The van der Waals surface area contributed by atoms with Crippen molar-refractivity contribution < 1.29 is 4.79 Å². The van der Waals surface area contributed by atoms with E-state index in [2.05, 4.69) is 20.7 Å². The number of aromatic nitrogens is 4. The molecule has 5 rings (SSSR count). The van der Waals surface area contributed by atoms with Crippen LogP contribution in [0.5, 0.6) is 0 Å². The Hall–Kier alpha value is -2.15. The third kappa shape index (κ3) is 3.84. The van der Waals surface area contributed by atoms with Crippen LogP contribution in [0.2, 0.25) is 5.02 Å². The predicted molar refractivity (Wildman–Crippen MR) is 112 cm³/mol. The van der Waals surface area contributed by atoms with Crippen molar-refractivity contribution in [3.05, 3.63) is 23.1 Å². The molecule has 0 aromatic carbocycles. The lowest BCUT2D eigenvalue weighted by atomic mass is 9.78.